The number of amides is 4. The molecule has 33 heavy (non-hydrogen) atoms. The fraction of sp³-hybridized carbons (Fsp3) is 0.360. The maximum atomic E-state index is 13.2. The lowest BCUT2D eigenvalue weighted by Crippen LogP contribution is -2.49. The molecule has 2 heterocycles. The van der Waals surface area contributed by atoms with E-state index in [4.69, 9.17) is 0 Å². The van der Waals surface area contributed by atoms with Crippen molar-refractivity contribution < 1.29 is 19.2 Å². The molecule has 172 valence electrons. The smallest absolute Gasteiger partial charge is 0.254 e. The zero-order chi connectivity index (χ0) is 23.2. The van der Waals surface area contributed by atoms with E-state index in [0.29, 0.717) is 31.6 Å². The van der Waals surface area contributed by atoms with Crippen molar-refractivity contribution in [2.24, 2.45) is 0 Å². The highest BCUT2D eigenvalue weighted by atomic mass is 16.2. The van der Waals surface area contributed by atoms with Crippen LogP contribution in [0.15, 0.2) is 54.6 Å². The van der Waals surface area contributed by atoms with Gasteiger partial charge in [0.15, 0.2) is 0 Å². The van der Waals surface area contributed by atoms with E-state index < -0.39 is 6.04 Å². The number of benzene rings is 2. The molecular weight excluding hydrogens is 420 g/mol. The normalized spacial score (nSPS) is 17.3. The lowest BCUT2D eigenvalue weighted by molar-refractivity contribution is -0.142. The minimum atomic E-state index is -0.662. The van der Waals surface area contributed by atoms with Crippen LogP contribution in [-0.2, 0) is 20.9 Å². The molecule has 8 nitrogen and oxygen atoms in total. The second-order valence-electron chi connectivity index (χ2n) is 8.35. The van der Waals surface area contributed by atoms with E-state index >= 15 is 0 Å². The van der Waals surface area contributed by atoms with Gasteiger partial charge in [-0.1, -0.05) is 42.5 Å². The summed E-state index contributed by atoms with van der Waals surface area (Å²) < 4.78 is 0. The van der Waals surface area contributed by atoms with Crippen LogP contribution in [0.3, 0.4) is 0 Å². The fourth-order valence-corrected chi connectivity index (χ4v) is 4.25. The maximum absolute atomic E-state index is 13.2. The molecule has 0 radical (unpaired) electrons. The molecule has 2 N–H and O–H groups in total. The van der Waals surface area contributed by atoms with Crippen molar-refractivity contribution in [3.8, 4) is 0 Å². The SMILES string of the molecule is O=C1CN(C(=O)c2ccc(CNC(=O)C(c3ccccc3)N3CCCCC3=O)cc2)CCN1. The minimum Gasteiger partial charge on any atom is -0.353 e. The highest BCUT2D eigenvalue weighted by molar-refractivity contribution is 5.97. The van der Waals surface area contributed by atoms with Crippen molar-refractivity contribution in [2.45, 2.75) is 31.8 Å². The molecule has 0 spiro atoms. The number of carbonyl (C=O) groups is 4. The van der Waals surface area contributed by atoms with Crippen molar-refractivity contribution in [1.29, 1.82) is 0 Å². The van der Waals surface area contributed by atoms with Crippen molar-refractivity contribution >= 4 is 23.6 Å². The Hall–Kier alpha value is -3.68. The summed E-state index contributed by atoms with van der Waals surface area (Å²) in [6, 6.07) is 15.7. The first-order valence-corrected chi connectivity index (χ1v) is 11.3. The van der Waals surface area contributed by atoms with Gasteiger partial charge in [0.05, 0.1) is 6.54 Å². The molecule has 1 unspecified atom stereocenters. The standard InChI is InChI=1S/C25H28N4O4/c30-21-17-28(15-13-26-21)25(33)20-11-9-18(10-12-20)16-27-24(32)23(19-6-2-1-3-7-19)29-14-5-4-8-22(29)31/h1-3,6-7,9-12,23H,4-5,8,13-17H2,(H,26,30)(H,27,32). The average molecular weight is 449 g/mol. The molecule has 2 fully saturated rings. The second kappa shape index (κ2) is 10.3. The van der Waals surface area contributed by atoms with E-state index in [1.165, 1.54) is 4.90 Å². The molecule has 8 heteroatoms. The summed E-state index contributed by atoms with van der Waals surface area (Å²) in [7, 11) is 0. The van der Waals surface area contributed by atoms with Crippen molar-refractivity contribution in [3.63, 3.8) is 0 Å². The molecule has 2 aromatic rings. The van der Waals surface area contributed by atoms with Crippen molar-refractivity contribution in [3.05, 3.63) is 71.3 Å². The van der Waals surface area contributed by atoms with Gasteiger partial charge < -0.3 is 20.4 Å². The number of hydrogen-bond donors (Lipinski definition) is 2. The minimum absolute atomic E-state index is 0.000451. The molecule has 2 aliphatic rings. The van der Waals surface area contributed by atoms with Gasteiger partial charge in [-0.15, -0.1) is 0 Å². The molecule has 0 aliphatic carbocycles. The van der Waals surface area contributed by atoms with Crippen LogP contribution in [0.5, 0.6) is 0 Å². The third-order valence-corrected chi connectivity index (χ3v) is 6.03. The lowest BCUT2D eigenvalue weighted by Gasteiger charge is -2.34. The van der Waals surface area contributed by atoms with Gasteiger partial charge in [0.2, 0.25) is 17.7 Å². The average Bonchev–Trinajstić information content (AvgIpc) is 2.85. The van der Waals surface area contributed by atoms with Crippen LogP contribution in [0, 0.1) is 0 Å². The van der Waals surface area contributed by atoms with Gasteiger partial charge in [-0.2, -0.15) is 0 Å². The summed E-state index contributed by atoms with van der Waals surface area (Å²) in [6.07, 6.45) is 2.20. The Morgan fingerprint density at radius 2 is 1.73 bits per heavy atom. The molecule has 2 saturated heterocycles. The number of carbonyl (C=O) groups excluding carboxylic acids is 4. The van der Waals surface area contributed by atoms with Gasteiger partial charge in [-0.25, -0.2) is 0 Å². The summed E-state index contributed by atoms with van der Waals surface area (Å²) in [6.45, 7) is 1.85. The highest BCUT2D eigenvalue weighted by Crippen LogP contribution is 2.26. The Labute approximate surface area is 192 Å². The molecule has 4 rings (SSSR count). The van der Waals surface area contributed by atoms with E-state index in [1.54, 1.807) is 29.2 Å². The Balaban J connectivity index is 1.41. The summed E-state index contributed by atoms with van der Waals surface area (Å²) >= 11 is 0. The second-order valence-corrected chi connectivity index (χ2v) is 8.35. The van der Waals surface area contributed by atoms with Crippen molar-refractivity contribution in [2.75, 3.05) is 26.2 Å². The summed E-state index contributed by atoms with van der Waals surface area (Å²) in [5.74, 6) is -0.572. The van der Waals surface area contributed by atoms with E-state index in [0.717, 1.165) is 24.0 Å². The molecule has 0 aromatic heterocycles. The Kier molecular flexibility index (Phi) is 7.02. The summed E-state index contributed by atoms with van der Waals surface area (Å²) in [5.41, 5.74) is 2.13. The van der Waals surface area contributed by atoms with Crippen LogP contribution >= 0.6 is 0 Å². The van der Waals surface area contributed by atoms with Gasteiger partial charge >= 0.3 is 0 Å². The Morgan fingerprint density at radius 1 is 0.970 bits per heavy atom. The lowest BCUT2D eigenvalue weighted by atomic mass is 10.0. The fourth-order valence-electron chi connectivity index (χ4n) is 4.25. The first kappa shape index (κ1) is 22.5. The van der Waals surface area contributed by atoms with E-state index in [9.17, 15) is 19.2 Å². The molecule has 2 aliphatic heterocycles. The van der Waals surface area contributed by atoms with Gasteiger partial charge in [0.25, 0.3) is 5.91 Å². The molecular formula is C25H28N4O4. The third kappa shape index (κ3) is 5.39. The number of piperazine rings is 1. The number of hydrogen-bond acceptors (Lipinski definition) is 4. The van der Waals surface area contributed by atoms with Crippen LogP contribution in [-0.4, -0.2) is 59.6 Å². The molecule has 2 aromatic carbocycles. The summed E-state index contributed by atoms with van der Waals surface area (Å²) in [5, 5.41) is 5.66. The van der Waals surface area contributed by atoms with Crippen LogP contribution in [0.4, 0.5) is 0 Å². The number of nitrogens with one attached hydrogen (secondary N) is 2. The highest BCUT2D eigenvalue weighted by Gasteiger charge is 2.32. The Bertz CT molecular complexity index is 1020. The van der Waals surface area contributed by atoms with E-state index in [-0.39, 0.29) is 36.7 Å². The largest absolute Gasteiger partial charge is 0.353 e. The number of likely N-dealkylation sites (tertiary alicyclic amines) is 1. The molecule has 0 saturated carbocycles. The van der Waals surface area contributed by atoms with Gasteiger partial charge in [-0.05, 0) is 36.1 Å². The number of nitrogens with zero attached hydrogens (tertiary/aromatic N) is 2. The van der Waals surface area contributed by atoms with Crippen LogP contribution < -0.4 is 10.6 Å². The van der Waals surface area contributed by atoms with Crippen LogP contribution in [0.2, 0.25) is 0 Å². The monoisotopic (exact) mass is 448 g/mol. The van der Waals surface area contributed by atoms with Gasteiger partial charge in [0, 0.05) is 38.2 Å². The predicted octanol–water partition coefficient (Wildman–Crippen LogP) is 1.63. The zero-order valence-corrected chi connectivity index (χ0v) is 18.5. The number of piperidine rings is 1. The van der Waals surface area contributed by atoms with Crippen molar-refractivity contribution in [1.82, 2.24) is 20.4 Å². The predicted molar refractivity (Wildman–Crippen MR) is 122 cm³/mol. The first-order chi connectivity index (χ1) is 16.0. The number of rotatable bonds is 6. The van der Waals surface area contributed by atoms with Gasteiger partial charge in [-0.3, -0.25) is 19.2 Å². The topological polar surface area (TPSA) is 98.8 Å². The Morgan fingerprint density at radius 3 is 2.42 bits per heavy atom. The maximum Gasteiger partial charge on any atom is 0.254 e. The van der Waals surface area contributed by atoms with Crippen LogP contribution in [0.25, 0.3) is 0 Å². The van der Waals surface area contributed by atoms with Crippen LogP contribution in [0.1, 0.15) is 46.8 Å². The summed E-state index contributed by atoms with van der Waals surface area (Å²) in [4.78, 5) is 53.0. The van der Waals surface area contributed by atoms with Gasteiger partial charge in [0.1, 0.15) is 6.04 Å². The van der Waals surface area contributed by atoms with E-state index in [1.807, 2.05) is 30.3 Å². The molecule has 1 atom stereocenters. The molecule has 4 amide bonds. The quantitative estimate of drug-likeness (QED) is 0.702. The first-order valence-electron chi connectivity index (χ1n) is 11.3. The third-order valence-electron chi connectivity index (χ3n) is 6.03. The van der Waals surface area contributed by atoms with E-state index in [2.05, 4.69) is 10.6 Å². The molecule has 0 bridgehead atoms. The zero-order valence-electron chi connectivity index (χ0n) is 18.5.